The van der Waals surface area contributed by atoms with Crippen molar-refractivity contribution in [1.82, 2.24) is 0 Å². The highest BCUT2D eigenvalue weighted by Gasteiger charge is 2.51. The summed E-state index contributed by atoms with van der Waals surface area (Å²) in [7, 11) is 1.23. The second kappa shape index (κ2) is 3.84. The zero-order chi connectivity index (χ0) is 12.8. The smallest absolute Gasteiger partial charge is 0.197 e. The highest BCUT2D eigenvalue weighted by atomic mass is 19.1. The van der Waals surface area contributed by atoms with Gasteiger partial charge in [-0.2, -0.15) is 0 Å². The van der Waals surface area contributed by atoms with Crippen molar-refractivity contribution in [2.24, 2.45) is 5.73 Å². The summed E-state index contributed by atoms with van der Waals surface area (Å²) in [6, 6.07) is 0.425. The number of halogens is 2. The first-order valence-corrected chi connectivity index (χ1v) is 5.45. The Labute approximate surface area is 98.2 Å². The number of aromatic hydroxyl groups is 1. The van der Waals surface area contributed by atoms with Crippen LogP contribution < -0.4 is 10.5 Å². The van der Waals surface area contributed by atoms with Crippen LogP contribution in [0.15, 0.2) is 6.07 Å². The van der Waals surface area contributed by atoms with Gasteiger partial charge in [0.2, 0.25) is 0 Å². The third-order valence-corrected chi connectivity index (χ3v) is 3.52. The van der Waals surface area contributed by atoms with Gasteiger partial charge in [-0.05, 0) is 19.8 Å². The molecule has 0 spiro atoms. The Bertz CT molecular complexity index is 456. The molecule has 5 heteroatoms. The molecule has 1 atom stereocenters. The van der Waals surface area contributed by atoms with E-state index in [-0.39, 0.29) is 17.4 Å². The number of hydrogen-bond donors (Lipinski definition) is 2. The van der Waals surface area contributed by atoms with Crippen molar-refractivity contribution < 1.29 is 18.6 Å². The Morgan fingerprint density at radius 3 is 2.41 bits per heavy atom. The first-order chi connectivity index (χ1) is 7.94. The van der Waals surface area contributed by atoms with Crippen LogP contribution in [0, 0.1) is 11.6 Å². The van der Waals surface area contributed by atoms with Crippen molar-refractivity contribution >= 4 is 0 Å². The van der Waals surface area contributed by atoms with Crippen LogP contribution >= 0.6 is 0 Å². The number of rotatable bonds is 3. The van der Waals surface area contributed by atoms with Gasteiger partial charge in [-0.25, -0.2) is 8.78 Å². The van der Waals surface area contributed by atoms with Gasteiger partial charge in [0.05, 0.1) is 7.11 Å². The Kier molecular flexibility index (Phi) is 2.73. The molecule has 0 amide bonds. The molecule has 1 aliphatic rings. The summed E-state index contributed by atoms with van der Waals surface area (Å²) < 4.78 is 31.9. The molecule has 0 heterocycles. The number of nitrogens with two attached hydrogens (primary N) is 1. The van der Waals surface area contributed by atoms with E-state index in [0.717, 1.165) is 6.07 Å². The normalized spacial score (nSPS) is 18.9. The van der Waals surface area contributed by atoms with Crippen LogP contribution in [0.25, 0.3) is 0 Å². The lowest BCUT2D eigenvalue weighted by molar-refractivity contribution is 0.337. The topological polar surface area (TPSA) is 55.5 Å². The van der Waals surface area contributed by atoms with E-state index in [2.05, 4.69) is 0 Å². The molecule has 0 bridgehead atoms. The van der Waals surface area contributed by atoms with E-state index in [1.54, 1.807) is 6.92 Å². The van der Waals surface area contributed by atoms with Crippen molar-refractivity contribution in [3.05, 3.63) is 23.3 Å². The maximum Gasteiger partial charge on any atom is 0.197 e. The van der Waals surface area contributed by atoms with Gasteiger partial charge in [-0.15, -0.1) is 0 Å². The average molecular weight is 243 g/mol. The van der Waals surface area contributed by atoms with Crippen LogP contribution in [-0.4, -0.2) is 18.3 Å². The fourth-order valence-corrected chi connectivity index (χ4v) is 2.32. The summed E-state index contributed by atoms with van der Waals surface area (Å²) in [5.74, 6) is -2.48. The van der Waals surface area contributed by atoms with E-state index < -0.39 is 22.8 Å². The molecule has 94 valence electrons. The molecule has 3 N–H and O–H groups in total. The molecule has 0 radical (unpaired) electrons. The largest absolute Gasteiger partial charge is 0.504 e. The van der Waals surface area contributed by atoms with Crippen LogP contribution in [0.4, 0.5) is 8.78 Å². The number of methoxy groups -OCH3 is 1. The maximum absolute atomic E-state index is 13.8. The van der Waals surface area contributed by atoms with E-state index >= 15 is 0 Å². The van der Waals surface area contributed by atoms with Gasteiger partial charge in [0.15, 0.2) is 17.3 Å². The predicted molar refractivity (Wildman–Crippen MR) is 59.1 cm³/mol. The van der Waals surface area contributed by atoms with E-state index in [1.165, 1.54) is 7.11 Å². The van der Waals surface area contributed by atoms with Crippen molar-refractivity contribution in [3.8, 4) is 11.5 Å². The fourth-order valence-electron chi connectivity index (χ4n) is 2.32. The first kappa shape index (κ1) is 12.1. The number of benzene rings is 1. The van der Waals surface area contributed by atoms with Gasteiger partial charge in [0.1, 0.15) is 5.82 Å². The summed E-state index contributed by atoms with van der Waals surface area (Å²) in [5.41, 5.74) is 5.31. The molecule has 17 heavy (non-hydrogen) atoms. The summed E-state index contributed by atoms with van der Waals surface area (Å²) >= 11 is 0. The van der Waals surface area contributed by atoms with Gasteiger partial charge in [-0.3, -0.25) is 0 Å². The SMILES string of the molecule is COc1c(F)cc(F)c(C2(C(C)N)CC2)c1O. The summed E-state index contributed by atoms with van der Waals surface area (Å²) in [4.78, 5) is 0. The molecule has 1 fully saturated rings. The number of phenols is 1. The number of ether oxygens (including phenoxy) is 1. The van der Waals surface area contributed by atoms with Gasteiger partial charge in [-0.1, -0.05) is 0 Å². The quantitative estimate of drug-likeness (QED) is 0.854. The lowest BCUT2D eigenvalue weighted by atomic mass is 9.88. The molecule has 0 aliphatic heterocycles. The molecule has 1 aromatic carbocycles. The lowest BCUT2D eigenvalue weighted by Crippen LogP contribution is -2.32. The first-order valence-electron chi connectivity index (χ1n) is 5.45. The highest BCUT2D eigenvalue weighted by molar-refractivity contribution is 5.53. The second-order valence-corrected chi connectivity index (χ2v) is 4.54. The molecule has 2 rings (SSSR count). The Morgan fingerprint density at radius 1 is 1.41 bits per heavy atom. The fraction of sp³-hybridized carbons (Fsp3) is 0.500. The van der Waals surface area contributed by atoms with Crippen LogP contribution in [0.5, 0.6) is 11.5 Å². The third kappa shape index (κ3) is 1.65. The Morgan fingerprint density at radius 2 is 2.00 bits per heavy atom. The van der Waals surface area contributed by atoms with Crippen LogP contribution in [-0.2, 0) is 5.41 Å². The lowest BCUT2D eigenvalue weighted by Gasteiger charge is -2.23. The Balaban J connectivity index is 2.62. The van der Waals surface area contributed by atoms with Crippen LogP contribution in [0.1, 0.15) is 25.3 Å². The van der Waals surface area contributed by atoms with E-state index in [0.29, 0.717) is 12.8 Å². The van der Waals surface area contributed by atoms with Crippen LogP contribution in [0.2, 0.25) is 0 Å². The van der Waals surface area contributed by atoms with Gasteiger partial charge in [0.25, 0.3) is 0 Å². The Hall–Kier alpha value is -1.36. The average Bonchev–Trinajstić information content (AvgIpc) is 2.98. The molecule has 3 nitrogen and oxygen atoms in total. The van der Waals surface area contributed by atoms with Gasteiger partial charge >= 0.3 is 0 Å². The van der Waals surface area contributed by atoms with Crippen molar-refractivity contribution in [3.63, 3.8) is 0 Å². The molecule has 1 aliphatic carbocycles. The van der Waals surface area contributed by atoms with E-state index in [4.69, 9.17) is 10.5 Å². The molecule has 1 saturated carbocycles. The van der Waals surface area contributed by atoms with E-state index in [9.17, 15) is 13.9 Å². The molecular formula is C12H15F2NO2. The zero-order valence-electron chi connectivity index (χ0n) is 9.76. The minimum absolute atomic E-state index is 0.0748. The third-order valence-electron chi connectivity index (χ3n) is 3.52. The molecule has 1 aromatic rings. The summed E-state index contributed by atoms with van der Waals surface area (Å²) in [5, 5.41) is 9.91. The molecule has 0 aromatic heterocycles. The van der Waals surface area contributed by atoms with Crippen LogP contribution in [0.3, 0.4) is 0 Å². The standard InChI is InChI=1S/C12H15F2NO2/c1-6(15)12(3-4-12)9-7(13)5-8(14)11(17-2)10(9)16/h5-6,16H,3-4,15H2,1-2H3. The predicted octanol–water partition coefficient (Wildman–Crippen LogP) is 2.06. The highest BCUT2D eigenvalue weighted by Crippen LogP contribution is 2.55. The number of phenolic OH excluding ortho intramolecular Hbond substituents is 1. The number of hydrogen-bond acceptors (Lipinski definition) is 3. The van der Waals surface area contributed by atoms with Crippen molar-refractivity contribution in [1.29, 1.82) is 0 Å². The van der Waals surface area contributed by atoms with Gasteiger partial charge in [0, 0.05) is 23.1 Å². The molecular weight excluding hydrogens is 228 g/mol. The van der Waals surface area contributed by atoms with Crippen molar-refractivity contribution in [2.45, 2.75) is 31.2 Å². The van der Waals surface area contributed by atoms with E-state index in [1.807, 2.05) is 0 Å². The summed E-state index contributed by atoms with van der Waals surface area (Å²) in [6.45, 7) is 1.75. The zero-order valence-corrected chi connectivity index (χ0v) is 9.76. The van der Waals surface area contributed by atoms with Gasteiger partial charge < -0.3 is 15.6 Å². The minimum atomic E-state index is -0.910. The summed E-state index contributed by atoms with van der Waals surface area (Å²) in [6.07, 6.45) is 1.37. The monoisotopic (exact) mass is 243 g/mol. The van der Waals surface area contributed by atoms with Crippen molar-refractivity contribution in [2.75, 3.05) is 7.11 Å². The second-order valence-electron chi connectivity index (χ2n) is 4.54. The maximum atomic E-state index is 13.8. The minimum Gasteiger partial charge on any atom is -0.504 e. The molecule has 1 unspecified atom stereocenters. The molecule has 0 saturated heterocycles.